The van der Waals surface area contributed by atoms with Crippen LogP contribution in [0.4, 0.5) is 0 Å². The Labute approximate surface area is 84.9 Å². The molecule has 1 N–H and O–H groups in total. The maximum Gasteiger partial charge on any atom is 0.229 e. The van der Waals surface area contributed by atoms with Gasteiger partial charge in [0.2, 0.25) is 11.8 Å². The van der Waals surface area contributed by atoms with E-state index in [1.807, 2.05) is 0 Å². The second-order valence-corrected chi connectivity index (χ2v) is 4.10. The van der Waals surface area contributed by atoms with Crippen LogP contribution in [-0.2, 0) is 9.59 Å². The molecule has 0 aromatic heterocycles. The van der Waals surface area contributed by atoms with E-state index in [0.29, 0.717) is 19.4 Å². The molecule has 2 amide bonds. The van der Waals surface area contributed by atoms with Gasteiger partial charge in [-0.3, -0.25) is 14.5 Å². The number of piperidine rings is 1. The first-order valence-electron chi connectivity index (χ1n) is 5.23. The second kappa shape index (κ2) is 5.10. The highest BCUT2D eigenvalue weighted by Crippen LogP contribution is 2.11. The second-order valence-electron chi connectivity index (χ2n) is 4.10. The van der Waals surface area contributed by atoms with Crippen LogP contribution >= 0.6 is 0 Å². The van der Waals surface area contributed by atoms with Crippen LogP contribution in [0.5, 0.6) is 0 Å². The molecule has 0 saturated carbocycles. The third-order valence-corrected chi connectivity index (χ3v) is 2.44. The Morgan fingerprint density at radius 1 is 1.21 bits per heavy atom. The van der Waals surface area contributed by atoms with Gasteiger partial charge >= 0.3 is 0 Å². The van der Waals surface area contributed by atoms with Crippen LogP contribution in [0.1, 0.15) is 25.7 Å². The summed E-state index contributed by atoms with van der Waals surface area (Å²) in [6.07, 6.45) is 2.72. The minimum Gasteiger partial charge on any atom is -0.340 e. The van der Waals surface area contributed by atoms with E-state index in [1.54, 1.807) is 0 Å². The lowest BCUT2D eigenvalue weighted by molar-refractivity contribution is -0.858. The highest BCUT2D eigenvalue weighted by Gasteiger charge is 2.25. The van der Waals surface area contributed by atoms with E-state index in [0.717, 1.165) is 19.4 Å². The average Bonchev–Trinajstić information content (AvgIpc) is 2.09. The molecule has 1 aliphatic heterocycles. The van der Waals surface area contributed by atoms with Gasteiger partial charge in [-0.1, -0.05) is 0 Å². The number of rotatable bonds is 4. The van der Waals surface area contributed by atoms with E-state index in [2.05, 4.69) is 14.1 Å². The standard InChI is InChI=1S/C10H18N2O2/c1-11(2)7-4-8-12-9(13)5-3-6-10(12)14/h3-8H2,1-2H3/p+1. The number of quaternary nitrogens is 1. The van der Waals surface area contributed by atoms with Crippen LogP contribution in [0, 0.1) is 0 Å². The average molecular weight is 199 g/mol. The minimum absolute atomic E-state index is 0.00926. The number of likely N-dealkylation sites (tertiary alicyclic amines) is 1. The van der Waals surface area contributed by atoms with Crippen molar-refractivity contribution < 1.29 is 14.5 Å². The lowest BCUT2D eigenvalue weighted by Crippen LogP contribution is -3.05. The fraction of sp³-hybridized carbons (Fsp3) is 0.800. The molecule has 1 rings (SSSR count). The molecule has 14 heavy (non-hydrogen) atoms. The predicted octanol–water partition coefficient (Wildman–Crippen LogP) is -0.940. The number of nitrogens with zero attached hydrogens (tertiary/aromatic N) is 1. The molecule has 0 atom stereocenters. The zero-order valence-electron chi connectivity index (χ0n) is 9.01. The number of carbonyl (C=O) groups is 2. The highest BCUT2D eigenvalue weighted by atomic mass is 16.2. The number of hydrogen-bond acceptors (Lipinski definition) is 2. The van der Waals surface area contributed by atoms with Crippen molar-refractivity contribution >= 4 is 11.8 Å². The van der Waals surface area contributed by atoms with Crippen LogP contribution in [-0.4, -0.2) is 43.9 Å². The predicted molar refractivity (Wildman–Crippen MR) is 52.9 cm³/mol. The lowest BCUT2D eigenvalue weighted by atomic mass is 10.1. The van der Waals surface area contributed by atoms with E-state index in [9.17, 15) is 9.59 Å². The maximum absolute atomic E-state index is 11.4. The third-order valence-electron chi connectivity index (χ3n) is 2.44. The molecule has 1 fully saturated rings. The van der Waals surface area contributed by atoms with Crippen molar-refractivity contribution in [3.8, 4) is 0 Å². The Hall–Kier alpha value is -0.900. The SMILES string of the molecule is C[NH+](C)CCCN1C(=O)CCCC1=O. The maximum atomic E-state index is 11.4. The number of carbonyl (C=O) groups excluding carboxylic acids is 2. The molecule has 0 bridgehead atoms. The van der Waals surface area contributed by atoms with Gasteiger partial charge in [-0.05, 0) is 6.42 Å². The summed E-state index contributed by atoms with van der Waals surface area (Å²) in [6, 6.07) is 0. The van der Waals surface area contributed by atoms with Gasteiger partial charge in [0.15, 0.2) is 0 Å². The Morgan fingerprint density at radius 2 is 1.79 bits per heavy atom. The fourth-order valence-corrected chi connectivity index (χ4v) is 1.64. The van der Waals surface area contributed by atoms with Gasteiger partial charge in [-0.2, -0.15) is 0 Å². The normalized spacial score (nSPS) is 18.1. The monoisotopic (exact) mass is 199 g/mol. The molecule has 1 aliphatic rings. The van der Waals surface area contributed by atoms with Gasteiger partial charge in [0.05, 0.1) is 20.6 Å². The molecule has 0 unspecified atom stereocenters. The minimum atomic E-state index is 0.00926. The van der Waals surface area contributed by atoms with Gasteiger partial charge in [-0.15, -0.1) is 0 Å². The number of hydrogen-bond donors (Lipinski definition) is 1. The Balaban J connectivity index is 2.33. The quantitative estimate of drug-likeness (QED) is 0.594. The highest BCUT2D eigenvalue weighted by molar-refractivity contribution is 5.97. The summed E-state index contributed by atoms with van der Waals surface area (Å²) in [4.78, 5) is 25.5. The molecule has 4 nitrogen and oxygen atoms in total. The van der Waals surface area contributed by atoms with Gasteiger partial charge < -0.3 is 4.90 Å². The van der Waals surface area contributed by atoms with E-state index >= 15 is 0 Å². The summed E-state index contributed by atoms with van der Waals surface area (Å²) in [6.45, 7) is 1.60. The van der Waals surface area contributed by atoms with E-state index in [-0.39, 0.29) is 11.8 Å². The molecule has 0 aromatic carbocycles. The number of nitrogens with one attached hydrogen (secondary N) is 1. The molecule has 1 saturated heterocycles. The van der Waals surface area contributed by atoms with Crippen LogP contribution in [0.3, 0.4) is 0 Å². The number of amides is 2. The van der Waals surface area contributed by atoms with Crippen molar-refractivity contribution in [2.45, 2.75) is 25.7 Å². The van der Waals surface area contributed by atoms with Gasteiger partial charge in [0.25, 0.3) is 0 Å². The van der Waals surface area contributed by atoms with Gasteiger partial charge in [0, 0.05) is 25.8 Å². The first kappa shape index (κ1) is 11.2. The topological polar surface area (TPSA) is 41.8 Å². The Kier molecular flexibility index (Phi) is 4.07. The summed E-state index contributed by atoms with van der Waals surface area (Å²) >= 11 is 0. The molecule has 0 aromatic rings. The van der Waals surface area contributed by atoms with E-state index in [4.69, 9.17) is 0 Å². The summed E-state index contributed by atoms with van der Waals surface area (Å²) in [5.41, 5.74) is 0. The zero-order valence-corrected chi connectivity index (χ0v) is 9.01. The summed E-state index contributed by atoms with van der Waals surface area (Å²) in [5.74, 6) is 0.0185. The molecule has 4 heteroatoms. The lowest BCUT2D eigenvalue weighted by Gasteiger charge is -2.24. The Bertz CT molecular complexity index is 210. The van der Waals surface area contributed by atoms with Gasteiger partial charge in [-0.25, -0.2) is 0 Å². The molecular weight excluding hydrogens is 180 g/mol. The van der Waals surface area contributed by atoms with Crippen molar-refractivity contribution in [3.63, 3.8) is 0 Å². The molecule has 0 spiro atoms. The first-order chi connectivity index (χ1) is 6.61. The molecule has 1 heterocycles. The fourth-order valence-electron chi connectivity index (χ4n) is 1.64. The summed E-state index contributed by atoms with van der Waals surface area (Å²) in [7, 11) is 4.14. The van der Waals surface area contributed by atoms with Crippen LogP contribution < -0.4 is 4.90 Å². The van der Waals surface area contributed by atoms with E-state index < -0.39 is 0 Å². The van der Waals surface area contributed by atoms with Crippen LogP contribution in [0.2, 0.25) is 0 Å². The first-order valence-corrected chi connectivity index (χ1v) is 5.23. The molecule has 0 radical (unpaired) electrons. The molecular formula is C10H19N2O2+. The smallest absolute Gasteiger partial charge is 0.229 e. The van der Waals surface area contributed by atoms with Crippen molar-refractivity contribution in [3.05, 3.63) is 0 Å². The van der Waals surface area contributed by atoms with Gasteiger partial charge in [0.1, 0.15) is 0 Å². The third kappa shape index (κ3) is 3.10. The Morgan fingerprint density at radius 3 is 2.29 bits per heavy atom. The zero-order chi connectivity index (χ0) is 10.6. The molecule has 0 aliphatic carbocycles. The van der Waals surface area contributed by atoms with Crippen molar-refractivity contribution in [1.82, 2.24) is 4.90 Å². The largest absolute Gasteiger partial charge is 0.340 e. The van der Waals surface area contributed by atoms with Crippen molar-refractivity contribution in [2.75, 3.05) is 27.2 Å². The van der Waals surface area contributed by atoms with Crippen molar-refractivity contribution in [1.29, 1.82) is 0 Å². The van der Waals surface area contributed by atoms with Crippen molar-refractivity contribution in [2.24, 2.45) is 0 Å². The van der Waals surface area contributed by atoms with Crippen LogP contribution in [0.25, 0.3) is 0 Å². The molecule has 80 valence electrons. The van der Waals surface area contributed by atoms with Crippen LogP contribution in [0.15, 0.2) is 0 Å². The van der Waals surface area contributed by atoms with E-state index in [1.165, 1.54) is 9.80 Å². The summed E-state index contributed by atoms with van der Waals surface area (Å²) < 4.78 is 0. The summed E-state index contributed by atoms with van der Waals surface area (Å²) in [5, 5.41) is 0. The number of imide groups is 1.